The van der Waals surface area contributed by atoms with Gasteiger partial charge in [0.1, 0.15) is 5.52 Å². The zero-order valence-electron chi connectivity index (χ0n) is 12.2. The second-order valence-corrected chi connectivity index (χ2v) is 6.28. The molecule has 110 valence electrons. The molecule has 0 unspecified atom stereocenters. The molecule has 1 aromatic carbocycles. The van der Waals surface area contributed by atoms with Crippen molar-refractivity contribution in [3.63, 3.8) is 0 Å². The van der Waals surface area contributed by atoms with Crippen molar-refractivity contribution in [2.45, 2.75) is 45.2 Å². The molecule has 0 aliphatic heterocycles. The largest absolute Gasteiger partial charge is 0.349 e. The fourth-order valence-corrected chi connectivity index (χ4v) is 3.11. The van der Waals surface area contributed by atoms with Crippen LogP contribution in [0.25, 0.3) is 11.0 Å². The van der Waals surface area contributed by atoms with E-state index in [1.54, 1.807) is 0 Å². The lowest BCUT2D eigenvalue weighted by molar-refractivity contribution is 0.0926. The number of benzene rings is 1. The average Bonchev–Trinajstić information content (AvgIpc) is 3.40. The third-order valence-electron chi connectivity index (χ3n) is 4.63. The summed E-state index contributed by atoms with van der Waals surface area (Å²) in [5.41, 5.74) is 2.46. The van der Waals surface area contributed by atoms with Crippen molar-refractivity contribution in [2.24, 2.45) is 11.8 Å². The Kier molecular flexibility index (Phi) is 2.94. The third kappa shape index (κ3) is 2.41. The van der Waals surface area contributed by atoms with Gasteiger partial charge < -0.3 is 5.32 Å². The number of amides is 1. The standard InChI is InChI=1S/C16H20N4O/c1-2-20-14-8-7-12(9-13(14)18-19-20)16(21)17-15(10-3-4-10)11-5-6-11/h7-11,15H,2-6H2,1H3,(H,17,21). The van der Waals surface area contributed by atoms with Crippen molar-refractivity contribution in [3.8, 4) is 0 Å². The van der Waals surface area contributed by atoms with Gasteiger partial charge >= 0.3 is 0 Å². The Morgan fingerprint density at radius 2 is 2.05 bits per heavy atom. The van der Waals surface area contributed by atoms with Crippen LogP contribution in [0.4, 0.5) is 0 Å². The van der Waals surface area contributed by atoms with E-state index in [1.807, 2.05) is 29.8 Å². The van der Waals surface area contributed by atoms with Crippen LogP contribution in [0, 0.1) is 11.8 Å². The first-order chi connectivity index (χ1) is 10.3. The molecule has 5 heteroatoms. The van der Waals surface area contributed by atoms with Gasteiger partial charge in [-0.1, -0.05) is 5.21 Å². The minimum atomic E-state index is 0.0340. The maximum absolute atomic E-state index is 12.5. The van der Waals surface area contributed by atoms with Gasteiger partial charge in [-0.05, 0) is 62.6 Å². The Morgan fingerprint density at radius 3 is 2.67 bits per heavy atom. The average molecular weight is 284 g/mol. The molecule has 0 radical (unpaired) electrons. The predicted octanol–water partition coefficient (Wildman–Crippen LogP) is 2.37. The van der Waals surface area contributed by atoms with Crippen LogP contribution in [0.1, 0.15) is 43.0 Å². The highest BCUT2D eigenvalue weighted by atomic mass is 16.1. The molecule has 2 aliphatic rings. The van der Waals surface area contributed by atoms with Gasteiger partial charge in [0.2, 0.25) is 0 Å². The zero-order valence-corrected chi connectivity index (χ0v) is 12.2. The number of nitrogens with zero attached hydrogens (tertiary/aromatic N) is 3. The van der Waals surface area contributed by atoms with E-state index in [9.17, 15) is 4.79 Å². The van der Waals surface area contributed by atoms with Crippen LogP contribution < -0.4 is 5.32 Å². The molecular formula is C16H20N4O. The van der Waals surface area contributed by atoms with E-state index in [4.69, 9.17) is 0 Å². The quantitative estimate of drug-likeness (QED) is 0.917. The monoisotopic (exact) mass is 284 g/mol. The number of aromatic nitrogens is 3. The molecule has 0 bridgehead atoms. The van der Waals surface area contributed by atoms with Crippen LogP contribution in [-0.2, 0) is 6.54 Å². The number of carbonyl (C=O) groups excluding carboxylic acids is 1. The SMILES string of the molecule is CCn1nnc2cc(C(=O)NC(C3CC3)C3CC3)ccc21. The van der Waals surface area contributed by atoms with Gasteiger partial charge in [0.15, 0.2) is 0 Å². The van der Waals surface area contributed by atoms with Crippen LogP contribution in [0.3, 0.4) is 0 Å². The van der Waals surface area contributed by atoms with E-state index in [2.05, 4.69) is 15.6 Å². The number of hydrogen-bond donors (Lipinski definition) is 1. The number of carbonyl (C=O) groups is 1. The molecule has 1 N–H and O–H groups in total. The highest BCUT2D eigenvalue weighted by Gasteiger charge is 2.42. The Bertz CT molecular complexity index is 673. The highest BCUT2D eigenvalue weighted by Crippen LogP contribution is 2.44. The summed E-state index contributed by atoms with van der Waals surface area (Å²) in [6.45, 7) is 2.82. The van der Waals surface area contributed by atoms with Crippen LogP contribution in [0.15, 0.2) is 18.2 Å². The van der Waals surface area contributed by atoms with E-state index in [1.165, 1.54) is 25.7 Å². The van der Waals surface area contributed by atoms with Gasteiger partial charge in [-0.25, -0.2) is 4.68 Å². The summed E-state index contributed by atoms with van der Waals surface area (Å²) in [7, 11) is 0. The molecule has 1 amide bonds. The fourth-order valence-electron chi connectivity index (χ4n) is 3.11. The second-order valence-electron chi connectivity index (χ2n) is 6.28. The van der Waals surface area contributed by atoms with Gasteiger partial charge in [-0.3, -0.25) is 4.79 Å². The molecule has 0 spiro atoms. The minimum absolute atomic E-state index is 0.0340. The second kappa shape index (κ2) is 4.83. The summed E-state index contributed by atoms with van der Waals surface area (Å²) in [4.78, 5) is 12.5. The first-order valence-electron chi connectivity index (χ1n) is 7.90. The topological polar surface area (TPSA) is 59.8 Å². The maximum atomic E-state index is 12.5. The molecule has 2 saturated carbocycles. The third-order valence-corrected chi connectivity index (χ3v) is 4.63. The Labute approximate surface area is 123 Å². The molecular weight excluding hydrogens is 264 g/mol. The first-order valence-corrected chi connectivity index (χ1v) is 7.90. The number of fused-ring (bicyclic) bond motifs is 1. The van der Waals surface area contributed by atoms with Crippen molar-refractivity contribution in [1.29, 1.82) is 0 Å². The zero-order chi connectivity index (χ0) is 14.4. The van der Waals surface area contributed by atoms with E-state index >= 15 is 0 Å². The summed E-state index contributed by atoms with van der Waals surface area (Å²) in [5, 5.41) is 11.5. The molecule has 4 rings (SSSR count). The van der Waals surface area contributed by atoms with Crippen LogP contribution in [0.2, 0.25) is 0 Å². The molecule has 5 nitrogen and oxygen atoms in total. The molecule has 0 saturated heterocycles. The van der Waals surface area contributed by atoms with Gasteiger partial charge in [0.25, 0.3) is 5.91 Å². The number of hydrogen-bond acceptors (Lipinski definition) is 3. The van der Waals surface area contributed by atoms with E-state index in [-0.39, 0.29) is 5.91 Å². The van der Waals surface area contributed by atoms with E-state index in [0.29, 0.717) is 23.4 Å². The molecule has 1 heterocycles. The number of nitrogens with one attached hydrogen (secondary N) is 1. The van der Waals surface area contributed by atoms with Gasteiger partial charge in [0.05, 0.1) is 5.52 Å². The summed E-state index contributed by atoms with van der Waals surface area (Å²) < 4.78 is 1.84. The highest BCUT2D eigenvalue weighted by molar-refractivity contribution is 5.97. The fraction of sp³-hybridized carbons (Fsp3) is 0.562. The normalized spacial score (nSPS) is 18.4. The molecule has 0 atom stereocenters. The maximum Gasteiger partial charge on any atom is 0.251 e. The Balaban J connectivity index is 1.55. The minimum Gasteiger partial charge on any atom is -0.349 e. The summed E-state index contributed by atoms with van der Waals surface area (Å²) >= 11 is 0. The van der Waals surface area contributed by atoms with Gasteiger partial charge in [-0.15, -0.1) is 5.10 Å². The van der Waals surface area contributed by atoms with Crippen molar-refractivity contribution in [3.05, 3.63) is 23.8 Å². The smallest absolute Gasteiger partial charge is 0.251 e. The Morgan fingerprint density at radius 1 is 1.33 bits per heavy atom. The molecule has 2 aromatic rings. The van der Waals surface area contributed by atoms with Crippen molar-refractivity contribution >= 4 is 16.9 Å². The number of aryl methyl sites for hydroxylation is 1. The van der Waals surface area contributed by atoms with Crippen molar-refractivity contribution < 1.29 is 4.79 Å². The lowest BCUT2D eigenvalue weighted by Gasteiger charge is -2.17. The number of rotatable bonds is 5. The molecule has 1 aromatic heterocycles. The van der Waals surface area contributed by atoms with Crippen molar-refractivity contribution in [1.82, 2.24) is 20.3 Å². The van der Waals surface area contributed by atoms with E-state index < -0.39 is 0 Å². The van der Waals surface area contributed by atoms with Gasteiger partial charge in [-0.2, -0.15) is 0 Å². The van der Waals surface area contributed by atoms with Crippen molar-refractivity contribution in [2.75, 3.05) is 0 Å². The predicted molar refractivity (Wildman–Crippen MR) is 79.9 cm³/mol. The lowest BCUT2D eigenvalue weighted by atomic mass is 10.1. The lowest BCUT2D eigenvalue weighted by Crippen LogP contribution is -2.38. The summed E-state index contributed by atoms with van der Waals surface area (Å²) in [5.74, 6) is 1.46. The van der Waals surface area contributed by atoms with Crippen LogP contribution in [-0.4, -0.2) is 26.9 Å². The summed E-state index contributed by atoms with van der Waals surface area (Å²) in [6, 6.07) is 6.06. The van der Waals surface area contributed by atoms with Gasteiger partial charge in [0, 0.05) is 18.2 Å². The summed E-state index contributed by atoms with van der Waals surface area (Å²) in [6.07, 6.45) is 5.08. The van der Waals surface area contributed by atoms with Crippen LogP contribution in [0.5, 0.6) is 0 Å². The molecule has 21 heavy (non-hydrogen) atoms. The molecule has 2 fully saturated rings. The first kappa shape index (κ1) is 12.8. The Hall–Kier alpha value is -1.91. The molecule has 2 aliphatic carbocycles. The van der Waals surface area contributed by atoms with Crippen LogP contribution >= 0.6 is 0 Å². The van der Waals surface area contributed by atoms with E-state index in [0.717, 1.165) is 17.6 Å².